The van der Waals surface area contributed by atoms with Gasteiger partial charge in [-0.2, -0.15) is 0 Å². The third-order valence-corrected chi connectivity index (χ3v) is 5.35. The number of carbonyl (C=O) groups is 1. The Hall–Kier alpha value is -3.12. The van der Waals surface area contributed by atoms with Crippen LogP contribution in [-0.4, -0.2) is 48.9 Å². The van der Waals surface area contributed by atoms with Crippen LogP contribution >= 0.6 is 0 Å². The van der Waals surface area contributed by atoms with E-state index in [0.29, 0.717) is 44.2 Å². The zero-order valence-corrected chi connectivity index (χ0v) is 17.1. The van der Waals surface area contributed by atoms with Gasteiger partial charge in [-0.25, -0.2) is 4.39 Å². The fourth-order valence-corrected chi connectivity index (χ4v) is 3.81. The van der Waals surface area contributed by atoms with E-state index in [1.165, 1.54) is 11.6 Å². The fraction of sp³-hybridized carbons (Fsp3) is 0.292. The van der Waals surface area contributed by atoms with Crippen LogP contribution in [0.25, 0.3) is 0 Å². The molecule has 6 heteroatoms. The van der Waals surface area contributed by atoms with Crippen molar-refractivity contribution in [1.82, 2.24) is 9.80 Å². The second-order valence-corrected chi connectivity index (χ2v) is 7.65. The van der Waals surface area contributed by atoms with Gasteiger partial charge in [-0.3, -0.25) is 9.69 Å². The summed E-state index contributed by atoms with van der Waals surface area (Å²) in [7, 11) is 2.03. The van der Waals surface area contributed by atoms with Gasteiger partial charge in [-0.05, 0) is 36.9 Å². The lowest BCUT2D eigenvalue weighted by Crippen LogP contribution is -2.49. The molecule has 1 amide bonds. The Kier molecular flexibility index (Phi) is 6.14. The van der Waals surface area contributed by atoms with Gasteiger partial charge in [-0.15, -0.1) is 0 Å². The monoisotopic (exact) mass is 407 g/mol. The van der Waals surface area contributed by atoms with Crippen LogP contribution in [0.4, 0.5) is 10.1 Å². The molecule has 0 radical (unpaired) electrons. The topological polar surface area (TPSA) is 39.9 Å². The Balaban J connectivity index is 1.31. The molecule has 0 bridgehead atoms. The van der Waals surface area contributed by atoms with Gasteiger partial charge in [0.25, 0.3) is 5.91 Å². The van der Waals surface area contributed by atoms with Gasteiger partial charge in [0.15, 0.2) is 5.76 Å². The second kappa shape index (κ2) is 9.13. The average molecular weight is 407 g/mol. The Morgan fingerprint density at radius 1 is 0.933 bits per heavy atom. The van der Waals surface area contributed by atoms with Crippen LogP contribution < -0.4 is 4.90 Å². The molecule has 156 valence electrons. The van der Waals surface area contributed by atoms with Crippen LogP contribution in [0.3, 0.4) is 0 Å². The molecule has 0 aliphatic carbocycles. The summed E-state index contributed by atoms with van der Waals surface area (Å²) in [6.45, 7) is 3.71. The van der Waals surface area contributed by atoms with E-state index in [1.54, 1.807) is 23.1 Å². The number of para-hydroxylation sites is 1. The first kappa shape index (κ1) is 20.2. The van der Waals surface area contributed by atoms with Crippen LogP contribution in [0.2, 0.25) is 0 Å². The number of amides is 1. The highest BCUT2D eigenvalue weighted by molar-refractivity contribution is 5.91. The molecule has 5 nitrogen and oxygen atoms in total. The van der Waals surface area contributed by atoms with Crippen LogP contribution in [0.15, 0.2) is 71.1 Å². The predicted octanol–water partition coefficient (Wildman–Crippen LogP) is 4.01. The average Bonchev–Trinajstić information content (AvgIpc) is 3.23. The van der Waals surface area contributed by atoms with Crippen LogP contribution in [0.5, 0.6) is 0 Å². The quantitative estimate of drug-likeness (QED) is 0.619. The fourth-order valence-electron chi connectivity index (χ4n) is 3.81. The van der Waals surface area contributed by atoms with Crippen molar-refractivity contribution < 1.29 is 13.6 Å². The van der Waals surface area contributed by atoms with Crippen LogP contribution in [0.1, 0.15) is 21.9 Å². The number of piperazine rings is 1. The van der Waals surface area contributed by atoms with Crippen LogP contribution in [-0.2, 0) is 13.1 Å². The Bertz CT molecular complexity index is 981. The Labute approximate surface area is 176 Å². The standard InChI is InChI=1S/C24H26FN3O2/c1-26(17-19-7-3-2-4-8-19)18-20-11-12-23(30-20)24(29)28-15-13-27(14-16-28)22-10-6-5-9-21(22)25/h2-12H,13-18H2,1H3. The number of anilines is 1. The van der Waals surface area contributed by atoms with Gasteiger partial charge in [-0.1, -0.05) is 42.5 Å². The van der Waals surface area contributed by atoms with Gasteiger partial charge in [0, 0.05) is 32.7 Å². The molecule has 30 heavy (non-hydrogen) atoms. The summed E-state index contributed by atoms with van der Waals surface area (Å²) < 4.78 is 19.8. The molecule has 1 saturated heterocycles. The lowest BCUT2D eigenvalue weighted by molar-refractivity contribution is 0.0711. The maximum atomic E-state index is 14.0. The molecule has 1 fully saturated rings. The highest BCUT2D eigenvalue weighted by atomic mass is 19.1. The number of benzene rings is 2. The van der Waals surface area contributed by atoms with E-state index in [9.17, 15) is 9.18 Å². The summed E-state index contributed by atoms with van der Waals surface area (Å²) >= 11 is 0. The summed E-state index contributed by atoms with van der Waals surface area (Å²) in [4.78, 5) is 18.7. The summed E-state index contributed by atoms with van der Waals surface area (Å²) in [5.74, 6) is 0.784. The molecule has 3 aromatic rings. The van der Waals surface area contributed by atoms with Gasteiger partial charge >= 0.3 is 0 Å². The number of nitrogens with zero attached hydrogens (tertiary/aromatic N) is 3. The smallest absolute Gasteiger partial charge is 0.289 e. The molecule has 1 aliphatic rings. The number of furan rings is 1. The van der Waals surface area contributed by atoms with Crippen LogP contribution in [0, 0.1) is 5.82 Å². The van der Waals surface area contributed by atoms with Crippen molar-refractivity contribution in [2.24, 2.45) is 0 Å². The van der Waals surface area contributed by atoms with Crippen molar-refractivity contribution in [3.05, 3.63) is 89.6 Å². The third-order valence-electron chi connectivity index (χ3n) is 5.35. The molecular weight excluding hydrogens is 381 g/mol. The summed E-state index contributed by atoms with van der Waals surface area (Å²) in [6.07, 6.45) is 0. The highest BCUT2D eigenvalue weighted by Crippen LogP contribution is 2.21. The van der Waals surface area contributed by atoms with Gasteiger partial charge in [0.05, 0.1) is 12.2 Å². The van der Waals surface area contributed by atoms with Crippen molar-refractivity contribution in [3.63, 3.8) is 0 Å². The van der Waals surface area contributed by atoms with Gasteiger partial charge in [0.2, 0.25) is 0 Å². The largest absolute Gasteiger partial charge is 0.455 e. The first-order valence-corrected chi connectivity index (χ1v) is 10.2. The predicted molar refractivity (Wildman–Crippen MR) is 115 cm³/mol. The zero-order valence-electron chi connectivity index (χ0n) is 17.1. The lowest BCUT2D eigenvalue weighted by Gasteiger charge is -2.35. The van der Waals surface area contributed by atoms with E-state index in [1.807, 2.05) is 42.3 Å². The van der Waals surface area contributed by atoms with Gasteiger partial charge < -0.3 is 14.2 Å². The minimum Gasteiger partial charge on any atom is -0.455 e. The van der Waals surface area contributed by atoms with Crippen molar-refractivity contribution in [2.75, 3.05) is 38.1 Å². The highest BCUT2D eigenvalue weighted by Gasteiger charge is 2.25. The SMILES string of the molecule is CN(Cc1ccccc1)Cc1ccc(C(=O)N2CCN(c3ccccc3F)CC2)o1. The Morgan fingerprint density at radius 3 is 2.37 bits per heavy atom. The minimum atomic E-state index is -0.229. The molecule has 0 saturated carbocycles. The first-order valence-electron chi connectivity index (χ1n) is 10.2. The number of hydrogen-bond donors (Lipinski definition) is 0. The lowest BCUT2D eigenvalue weighted by atomic mass is 10.2. The molecule has 1 aliphatic heterocycles. The molecule has 0 N–H and O–H groups in total. The molecule has 1 aromatic heterocycles. The number of halogens is 1. The first-order chi connectivity index (χ1) is 14.6. The maximum Gasteiger partial charge on any atom is 0.289 e. The van der Waals surface area contributed by atoms with Gasteiger partial charge in [0.1, 0.15) is 11.6 Å². The zero-order chi connectivity index (χ0) is 20.9. The number of hydrogen-bond acceptors (Lipinski definition) is 4. The van der Waals surface area contributed by atoms with Crippen molar-refractivity contribution in [1.29, 1.82) is 0 Å². The van der Waals surface area contributed by atoms with E-state index in [-0.39, 0.29) is 11.7 Å². The molecule has 0 spiro atoms. The molecule has 0 unspecified atom stereocenters. The van der Waals surface area contributed by atoms with E-state index < -0.39 is 0 Å². The molecule has 2 aromatic carbocycles. The molecule has 4 rings (SSSR count). The number of rotatable bonds is 6. The molecule has 0 atom stereocenters. The second-order valence-electron chi connectivity index (χ2n) is 7.65. The third kappa shape index (κ3) is 4.71. The minimum absolute atomic E-state index is 0.111. The summed E-state index contributed by atoms with van der Waals surface area (Å²) in [6, 6.07) is 20.6. The van der Waals surface area contributed by atoms with Crippen molar-refractivity contribution in [3.8, 4) is 0 Å². The maximum absolute atomic E-state index is 14.0. The van der Waals surface area contributed by atoms with E-state index in [2.05, 4.69) is 17.0 Å². The molecular formula is C24H26FN3O2. The normalized spacial score (nSPS) is 14.4. The summed E-state index contributed by atoms with van der Waals surface area (Å²) in [5.41, 5.74) is 1.82. The van der Waals surface area contributed by atoms with Crippen molar-refractivity contribution >= 4 is 11.6 Å². The van der Waals surface area contributed by atoms with Crippen molar-refractivity contribution in [2.45, 2.75) is 13.1 Å². The molecule has 2 heterocycles. The summed E-state index contributed by atoms with van der Waals surface area (Å²) in [5, 5.41) is 0. The van der Waals surface area contributed by atoms with E-state index in [0.717, 1.165) is 12.3 Å². The van der Waals surface area contributed by atoms with E-state index in [4.69, 9.17) is 4.42 Å². The number of carbonyl (C=O) groups excluding carboxylic acids is 1. The van der Waals surface area contributed by atoms with E-state index >= 15 is 0 Å². The Morgan fingerprint density at radius 2 is 1.63 bits per heavy atom.